The van der Waals surface area contributed by atoms with E-state index in [0.29, 0.717) is 0 Å². The maximum atomic E-state index is 11.1. The number of non-ortho nitro benzene ring substituents is 1. The van der Waals surface area contributed by atoms with Crippen LogP contribution in [0.15, 0.2) is 12.1 Å². The molecule has 0 aliphatic heterocycles. The molecule has 1 aromatic carbocycles. The number of nitro groups is 1. The Morgan fingerprint density at radius 1 is 1.31 bits per heavy atom. The molecule has 0 aromatic heterocycles. The standard InChI is InChI=1S/C12H13NO3/c1-8-5-10(13(15)16)6-9(2)11(8)12(7-14)3-4-12/h5-7H,3-4H2,1-2H3. The van der Waals surface area contributed by atoms with Crippen molar-refractivity contribution in [2.24, 2.45) is 0 Å². The van der Waals surface area contributed by atoms with Crippen molar-refractivity contribution in [3.05, 3.63) is 38.9 Å². The molecule has 0 N–H and O–H groups in total. The second kappa shape index (κ2) is 3.40. The largest absolute Gasteiger partial charge is 0.302 e. The Morgan fingerprint density at radius 3 is 2.12 bits per heavy atom. The summed E-state index contributed by atoms with van der Waals surface area (Å²) in [5, 5.41) is 10.7. The van der Waals surface area contributed by atoms with Crippen LogP contribution in [0, 0.1) is 24.0 Å². The lowest BCUT2D eigenvalue weighted by Crippen LogP contribution is -2.12. The van der Waals surface area contributed by atoms with Gasteiger partial charge in [-0.05, 0) is 43.4 Å². The predicted octanol–water partition coefficient (Wildman–Crippen LogP) is 2.44. The highest BCUT2D eigenvalue weighted by Crippen LogP contribution is 2.49. The number of nitrogens with zero attached hydrogens (tertiary/aromatic N) is 1. The summed E-state index contributed by atoms with van der Waals surface area (Å²) in [7, 11) is 0. The molecule has 0 bridgehead atoms. The van der Waals surface area contributed by atoms with Crippen LogP contribution in [-0.4, -0.2) is 11.2 Å². The fourth-order valence-corrected chi connectivity index (χ4v) is 2.39. The van der Waals surface area contributed by atoms with Crippen LogP contribution in [0.4, 0.5) is 5.69 Å². The van der Waals surface area contributed by atoms with Gasteiger partial charge in [0.1, 0.15) is 6.29 Å². The van der Waals surface area contributed by atoms with E-state index in [1.165, 1.54) is 0 Å². The maximum absolute atomic E-state index is 11.1. The van der Waals surface area contributed by atoms with Gasteiger partial charge >= 0.3 is 0 Å². The predicted molar refractivity (Wildman–Crippen MR) is 59.5 cm³/mol. The third-order valence-electron chi connectivity index (χ3n) is 3.24. The van der Waals surface area contributed by atoms with Crippen LogP contribution in [0.3, 0.4) is 0 Å². The van der Waals surface area contributed by atoms with Crippen molar-refractivity contribution in [1.29, 1.82) is 0 Å². The second-order valence-corrected chi connectivity index (χ2v) is 4.49. The van der Waals surface area contributed by atoms with E-state index in [4.69, 9.17) is 0 Å². The van der Waals surface area contributed by atoms with Crippen LogP contribution >= 0.6 is 0 Å². The number of hydrogen-bond donors (Lipinski definition) is 0. The number of aldehydes is 1. The van der Waals surface area contributed by atoms with Gasteiger partial charge < -0.3 is 4.79 Å². The number of carbonyl (C=O) groups is 1. The molecule has 16 heavy (non-hydrogen) atoms. The molecule has 1 aliphatic rings. The Kier molecular flexibility index (Phi) is 2.30. The number of rotatable bonds is 3. The van der Waals surface area contributed by atoms with Gasteiger partial charge in [0.05, 0.1) is 10.3 Å². The Morgan fingerprint density at radius 2 is 1.81 bits per heavy atom. The Balaban J connectivity index is 2.56. The number of aryl methyl sites for hydroxylation is 2. The molecule has 0 spiro atoms. The van der Waals surface area contributed by atoms with E-state index in [9.17, 15) is 14.9 Å². The third-order valence-corrected chi connectivity index (χ3v) is 3.24. The fraction of sp³-hybridized carbons (Fsp3) is 0.417. The van der Waals surface area contributed by atoms with E-state index in [2.05, 4.69) is 0 Å². The average molecular weight is 219 g/mol. The highest BCUT2D eigenvalue weighted by atomic mass is 16.6. The van der Waals surface area contributed by atoms with Gasteiger partial charge in [0, 0.05) is 12.1 Å². The number of nitro benzene ring substituents is 1. The Bertz CT molecular complexity index is 452. The molecule has 0 heterocycles. The number of carbonyl (C=O) groups excluding carboxylic acids is 1. The molecule has 0 saturated heterocycles. The fourth-order valence-electron chi connectivity index (χ4n) is 2.39. The minimum absolute atomic E-state index is 0.0976. The lowest BCUT2D eigenvalue weighted by Gasteiger charge is -2.14. The summed E-state index contributed by atoms with van der Waals surface area (Å²) in [6.45, 7) is 3.66. The summed E-state index contributed by atoms with van der Waals surface area (Å²) in [6.07, 6.45) is 2.69. The monoisotopic (exact) mass is 219 g/mol. The Hall–Kier alpha value is -1.71. The minimum Gasteiger partial charge on any atom is -0.302 e. The molecule has 1 saturated carbocycles. The van der Waals surface area contributed by atoms with Crippen LogP contribution in [-0.2, 0) is 10.2 Å². The van der Waals surface area contributed by atoms with Crippen LogP contribution in [0.5, 0.6) is 0 Å². The topological polar surface area (TPSA) is 60.2 Å². The van der Waals surface area contributed by atoms with Crippen LogP contribution < -0.4 is 0 Å². The van der Waals surface area contributed by atoms with Crippen molar-refractivity contribution in [3.63, 3.8) is 0 Å². The number of benzene rings is 1. The molecule has 1 fully saturated rings. The highest BCUT2D eigenvalue weighted by molar-refractivity contribution is 5.75. The lowest BCUT2D eigenvalue weighted by atomic mass is 9.89. The van der Waals surface area contributed by atoms with Gasteiger partial charge in [-0.25, -0.2) is 0 Å². The van der Waals surface area contributed by atoms with Crippen molar-refractivity contribution < 1.29 is 9.72 Å². The summed E-state index contributed by atoms with van der Waals surface area (Å²) < 4.78 is 0. The van der Waals surface area contributed by atoms with Gasteiger partial charge in [0.15, 0.2) is 0 Å². The summed E-state index contributed by atoms with van der Waals surface area (Å²) in [4.78, 5) is 21.4. The van der Waals surface area contributed by atoms with Crippen molar-refractivity contribution in [3.8, 4) is 0 Å². The first-order valence-corrected chi connectivity index (χ1v) is 5.22. The maximum Gasteiger partial charge on any atom is 0.269 e. The first-order chi connectivity index (χ1) is 7.50. The van der Waals surface area contributed by atoms with Crippen molar-refractivity contribution in [2.45, 2.75) is 32.1 Å². The van der Waals surface area contributed by atoms with Gasteiger partial charge in [-0.2, -0.15) is 0 Å². The van der Waals surface area contributed by atoms with Gasteiger partial charge in [-0.1, -0.05) is 0 Å². The van der Waals surface area contributed by atoms with Crippen molar-refractivity contribution >= 4 is 12.0 Å². The lowest BCUT2D eigenvalue weighted by molar-refractivity contribution is -0.385. The molecule has 4 heteroatoms. The molecule has 0 unspecified atom stereocenters. The normalized spacial score (nSPS) is 16.9. The highest BCUT2D eigenvalue weighted by Gasteiger charge is 2.46. The van der Waals surface area contributed by atoms with Crippen molar-refractivity contribution in [1.82, 2.24) is 0 Å². The van der Waals surface area contributed by atoms with Crippen LogP contribution in [0.25, 0.3) is 0 Å². The zero-order valence-corrected chi connectivity index (χ0v) is 9.32. The van der Waals surface area contributed by atoms with E-state index < -0.39 is 4.92 Å². The van der Waals surface area contributed by atoms with E-state index in [1.807, 2.05) is 13.8 Å². The summed E-state index contributed by atoms with van der Waals surface area (Å²) in [6, 6.07) is 3.10. The molecule has 1 aromatic rings. The smallest absolute Gasteiger partial charge is 0.269 e. The minimum atomic E-state index is -0.399. The summed E-state index contributed by atoms with van der Waals surface area (Å²) in [5.74, 6) is 0. The molecule has 4 nitrogen and oxygen atoms in total. The molecule has 0 radical (unpaired) electrons. The zero-order valence-electron chi connectivity index (χ0n) is 9.32. The molecular weight excluding hydrogens is 206 g/mol. The molecule has 0 amide bonds. The third kappa shape index (κ3) is 1.50. The second-order valence-electron chi connectivity index (χ2n) is 4.49. The first-order valence-electron chi connectivity index (χ1n) is 5.22. The molecular formula is C12H13NO3. The average Bonchev–Trinajstić information content (AvgIpc) is 2.97. The van der Waals surface area contributed by atoms with Crippen LogP contribution in [0.2, 0.25) is 0 Å². The van der Waals surface area contributed by atoms with Crippen molar-refractivity contribution in [2.75, 3.05) is 0 Å². The quantitative estimate of drug-likeness (QED) is 0.445. The van der Waals surface area contributed by atoms with Gasteiger partial charge in [0.2, 0.25) is 0 Å². The summed E-state index contributed by atoms with van der Waals surface area (Å²) >= 11 is 0. The molecule has 1 aliphatic carbocycles. The molecule has 2 rings (SSSR count). The van der Waals surface area contributed by atoms with Crippen LogP contribution in [0.1, 0.15) is 29.5 Å². The molecule has 84 valence electrons. The first kappa shape index (κ1) is 10.8. The molecule has 0 atom stereocenters. The Labute approximate surface area is 93.4 Å². The van der Waals surface area contributed by atoms with E-state index >= 15 is 0 Å². The summed E-state index contributed by atoms with van der Waals surface area (Å²) in [5.41, 5.74) is 2.41. The van der Waals surface area contributed by atoms with Gasteiger partial charge in [-0.3, -0.25) is 10.1 Å². The van der Waals surface area contributed by atoms with Gasteiger partial charge in [0.25, 0.3) is 5.69 Å². The van der Waals surface area contributed by atoms with E-state index in [0.717, 1.165) is 35.8 Å². The number of hydrogen-bond acceptors (Lipinski definition) is 3. The SMILES string of the molecule is Cc1cc([N+](=O)[O-])cc(C)c1C1(C=O)CC1. The van der Waals surface area contributed by atoms with E-state index in [-0.39, 0.29) is 11.1 Å². The van der Waals surface area contributed by atoms with Gasteiger partial charge in [-0.15, -0.1) is 0 Å². The zero-order chi connectivity index (χ0) is 11.9. The van der Waals surface area contributed by atoms with E-state index in [1.54, 1.807) is 12.1 Å².